The third kappa shape index (κ3) is 4.66. The maximum Gasteiger partial charge on any atom is 0.174 e. The van der Waals surface area contributed by atoms with Gasteiger partial charge in [-0.05, 0) is 38.5 Å². The molecule has 0 saturated carbocycles. The van der Waals surface area contributed by atoms with Gasteiger partial charge in [0.2, 0.25) is 0 Å². The fraction of sp³-hybridized carbons (Fsp3) is 0.400. The molecule has 2 aromatic rings. The Morgan fingerprint density at radius 2 is 2.10 bits per heavy atom. The zero-order valence-electron chi connectivity index (χ0n) is 11.9. The molecule has 0 fully saturated rings. The quantitative estimate of drug-likeness (QED) is 0.911. The number of hydrogen-bond acceptors (Lipinski definition) is 4. The van der Waals surface area contributed by atoms with E-state index in [1.165, 1.54) is 12.1 Å². The minimum absolute atomic E-state index is 0.0207. The summed E-state index contributed by atoms with van der Waals surface area (Å²) >= 11 is 0. The van der Waals surface area contributed by atoms with Gasteiger partial charge in [0.1, 0.15) is 18.2 Å². The van der Waals surface area contributed by atoms with E-state index < -0.39 is 0 Å². The summed E-state index contributed by atoms with van der Waals surface area (Å²) in [5, 5.41) is 6.90. The van der Waals surface area contributed by atoms with E-state index >= 15 is 0 Å². The van der Waals surface area contributed by atoms with Crippen molar-refractivity contribution in [3.63, 3.8) is 0 Å². The molecule has 4 nitrogen and oxygen atoms in total. The monoisotopic (exact) mass is 278 g/mol. The molecule has 0 unspecified atom stereocenters. The minimum Gasteiger partial charge on any atom is -0.485 e. The van der Waals surface area contributed by atoms with Crippen LogP contribution in [-0.2, 0) is 13.2 Å². The molecule has 0 aliphatic carbocycles. The first-order valence-electron chi connectivity index (χ1n) is 6.49. The summed E-state index contributed by atoms with van der Waals surface area (Å²) < 4.78 is 24.0. The van der Waals surface area contributed by atoms with Gasteiger partial charge in [0, 0.05) is 24.2 Å². The van der Waals surface area contributed by atoms with E-state index in [0.717, 1.165) is 5.56 Å². The van der Waals surface area contributed by atoms with E-state index in [1.54, 1.807) is 12.3 Å². The molecule has 1 aromatic heterocycles. The predicted octanol–water partition coefficient (Wildman–Crippen LogP) is 3.28. The molecule has 0 saturated heterocycles. The molecular formula is C15H19FN2O2. The standard InChI is InChI=1S/C15H19FN2O2/c1-15(2,3)17-9-11-6-12(16)8-14(7-11)19-10-13-4-5-18-20-13/h4-8,17H,9-10H2,1-3H3. The largest absolute Gasteiger partial charge is 0.485 e. The summed E-state index contributed by atoms with van der Waals surface area (Å²) in [6.45, 7) is 7.00. The third-order valence-electron chi connectivity index (χ3n) is 2.63. The maximum atomic E-state index is 13.6. The summed E-state index contributed by atoms with van der Waals surface area (Å²) in [4.78, 5) is 0. The van der Waals surface area contributed by atoms with Crippen molar-refractivity contribution in [2.75, 3.05) is 0 Å². The molecule has 20 heavy (non-hydrogen) atoms. The van der Waals surface area contributed by atoms with Crippen LogP contribution in [0.5, 0.6) is 5.75 Å². The van der Waals surface area contributed by atoms with Crippen molar-refractivity contribution >= 4 is 0 Å². The number of halogens is 1. The smallest absolute Gasteiger partial charge is 0.174 e. The Kier molecular flexibility index (Phi) is 4.39. The van der Waals surface area contributed by atoms with Crippen molar-refractivity contribution in [3.8, 4) is 5.75 Å². The molecule has 0 bridgehead atoms. The molecule has 0 radical (unpaired) electrons. The van der Waals surface area contributed by atoms with Gasteiger partial charge in [-0.3, -0.25) is 0 Å². The number of hydrogen-bond donors (Lipinski definition) is 1. The van der Waals surface area contributed by atoms with Gasteiger partial charge in [-0.25, -0.2) is 4.39 Å². The van der Waals surface area contributed by atoms with Crippen LogP contribution in [0.4, 0.5) is 4.39 Å². The van der Waals surface area contributed by atoms with Crippen molar-refractivity contribution in [1.29, 1.82) is 0 Å². The van der Waals surface area contributed by atoms with Crippen LogP contribution in [0.2, 0.25) is 0 Å². The van der Waals surface area contributed by atoms with Crippen LogP contribution in [0.1, 0.15) is 32.1 Å². The van der Waals surface area contributed by atoms with Crippen molar-refractivity contribution < 1.29 is 13.7 Å². The van der Waals surface area contributed by atoms with Gasteiger partial charge >= 0.3 is 0 Å². The van der Waals surface area contributed by atoms with Crippen LogP contribution in [0.25, 0.3) is 0 Å². The topological polar surface area (TPSA) is 47.3 Å². The Balaban J connectivity index is 2.00. The number of rotatable bonds is 5. The average molecular weight is 278 g/mol. The van der Waals surface area contributed by atoms with Crippen LogP contribution in [0, 0.1) is 5.82 Å². The molecule has 108 valence electrons. The summed E-state index contributed by atoms with van der Waals surface area (Å²) in [7, 11) is 0. The first-order valence-corrected chi connectivity index (χ1v) is 6.49. The van der Waals surface area contributed by atoms with E-state index in [9.17, 15) is 4.39 Å². The third-order valence-corrected chi connectivity index (χ3v) is 2.63. The van der Waals surface area contributed by atoms with Gasteiger partial charge in [0.05, 0.1) is 6.20 Å². The Hall–Kier alpha value is -1.88. The van der Waals surface area contributed by atoms with E-state index in [-0.39, 0.29) is 18.0 Å². The molecule has 0 aliphatic heterocycles. The van der Waals surface area contributed by atoms with E-state index in [4.69, 9.17) is 9.26 Å². The highest BCUT2D eigenvalue weighted by molar-refractivity contribution is 5.29. The Bertz CT molecular complexity index is 547. The van der Waals surface area contributed by atoms with Gasteiger partial charge in [0.15, 0.2) is 5.76 Å². The molecular weight excluding hydrogens is 259 g/mol. The molecule has 0 spiro atoms. The lowest BCUT2D eigenvalue weighted by molar-refractivity contribution is 0.248. The van der Waals surface area contributed by atoms with Crippen molar-refractivity contribution in [2.45, 2.75) is 39.5 Å². The van der Waals surface area contributed by atoms with Gasteiger partial charge in [-0.15, -0.1) is 0 Å². The van der Waals surface area contributed by atoms with Gasteiger partial charge < -0.3 is 14.6 Å². The molecule has 2 rings (SSSR count). The second-order valence-corrected chi connectivity index (χ2v) is 5.67. The number of aromatic nitrogens is 1. The van der Waals surface area contributed by atoms with Crippen LogP contribution >= 0.6 is 0 Å². The number of ether oxygens (including phenoxy) is 1. The lowest BCUT2D eigenvalue weighted by atomic mass is 10.1. The summed E-state index contributed by atoms with van der Waals surface area (Å²) in [6, 6.07) is 6.39. The highest BCUT2D eigenvalue weighted by atomic mass is 19.1. The Labute approximate surface area is 117 Å². The van der Waals surface area contributed by atoms with E-state index in [2.05, 4.69) is 31.2 Å². The molecule has 5 heteroatoms. The van der Waals surface area contributed by atoms with Crippen LogP contribution in [0.15, 0.2) is 35.0 Å². The Morgan fingerprint density at radius 3 is 2.75 bits per heavy atom. The van der Waals surface area contributed by atoms with Gasteiger partial charge in [0.25, 0.3) is 0 Å². The molecule has 0 amide bonds. The summed E-state index contributed by atoms with van der Waals surface area (Å²) in [6.07, 6.45) is 1.54. The van der Waals surface area contributed by atoms with Gasteiger partial charge in [-0.2, -0.15) is 0 Å². The van der Waals surface area contributed by atoms with Crippen molar-refractivity contribution in [3.05, 3.63) is 47.6 Å². The Morgan fingerprint density at radius 1 is 1.30 bits per heavy atom. The van der Waals surface area contributed by atoms with Crippen molar-refractivity contribution in [2.24, 2.45) is 0 Å². The van der Waals surface area contributed by atoms with E-state index in [0.29, 0.717) is 18.1 Å². The fourth-order valence-corrected chi connectivity index (χ4v) is 1.64. The number of benzene rings is 1. The lowest BCUT2D eigenvalue weighted by Crippen LogP contribution is -2.35. The fourth-order valence-electron chi connectivity index (χ4n) is 1.64. The first-order chi connectivity index (χ1) is 9.42. The molecule has 1 heterocycles. The lowest BCUT2D eigenvalue weighted by Gasteiger charge is -2.20. The second kappa shape index (κ2) is 6.05. The minimum atomic E-state index is -0.314. The van der Waals surface area contributed by atoms with Gasteiger partial charge in [-0.1, -0.05) is 5.16 Å². The predicted molar refractivity (Wildman–Crippen MR) is 73.8 cm³/mol. The normalized spacial score (nSPS) is 11.6. The summed E-state index contributed by atoms with van der Waals surface area (Å²) in [5.74, 6) is 0.765. The molecule has 1 N–H and O–H groups in total. The van der Waals surface area contributed by atoms with Crippen LogP contribution in [-0.4, -0.2) is 10.7 Å². The molecule has 0 atom stereocenters. The second-order valence-electron chi connectivity index (χ2n) is 5.67. The van der Waals surface area contributed by atoms with Crippen molar-refractivity contribution in [1.82, 2.24) is 10.5 Å². The number of nitrogens with one attached hydrogen (secondary N) is 1. The highest BCUT2D eigenvalue weighted by Crippen LogP contribution is 2.18. The maximum absolute atomic E-state index is 13.6. The zero-order valence-corrected chi connectivity index (χ0v) is 11.9. The average Bonchev–Trinajstić information content (AvgIpc) is 2.86. The van der Waals surface area contributed by atoms with Crippen LogP contribution in [0.3, 0.4) is 0 Å². The van der Waals surface area contributed by atoms with Crippen LogP contribution < -0.4 is 10.1 Å². The van der Waals surface area contributed by atoms with E-state index in [1.807, 2.05) is 6.07 Å². The molecule has 1 aromatic carbocycles. The zero-order chi connectivity index (χ0) is 14.6. The SMILES string of the molecule is CC(C)(C)NCc1cc(F)cc(OCc2ccno2)c1. The first kappa shape index (κ1) is 14.5. The molecule has 0 aliphatic rings. The number of nitrogens with zero attached hydrogens (tertiary/aromatic N) is 1. The highest BCUT2D eigenvalue weighted by Gasteiger charge is 2.10. The summed E-state index contributed by atoms with van der Waals surface area (Å²) in [5.41, 5.74) is 0.820.